The zero-order chi connectivity index (χ0) is 29.1. The van der Waals surface area contributed by atoms with Gasteiger partial charge in [-0.1, -0.05) is 53.5 Å². The molecule has 0 N–H and O–H groups in total. The van der Waals surface area contributed by atoms with E-state index in [4.69, 9.17) is 18.9 Å². The third kappa shape index (κ3) is 10.1. The number of allylic oxidation sites excluding steroid dienone is 1. The van der Waals surface area contributed by atoms with E-state index in [0.717, 1.165) is 42.6 Å². The first-order valence-corrected chi connectivity index (χ1v) is 13.9. The number of esters is 1. The van der Waals surface area contributed by atoms with Gasteiger partial charge in [-0.2, -0.15) is 0 Å². The summed E-state index contributed by atoms with van der Waals surface area (Å²) < 4.78 is 23.1. The first kappa shape index (κ1) is 31.9. The van der Waals surface area contributed by atoms with E-state index in [9.17, 15) is 9.59 Å². The van der Waals surface area contributed by atoms with Gasteiger partial charge >= 0.3 is 5.97 Å². The number of unbranched alkanes of at least 4 members (excludes halogenated alkanes) is 2. The molecule has 0 aliphatic rings. The molecule has 0 aromatic heterocycles. The van der Waals surface area contributed by atoms with Crippen LogP contribution in [0.25, 0.3) is 6.08 Å². The van der Waals surface area contributed by atoms with E-state index < -0.39 is 5.41 Å². The molecule has 39 heavy (non-hydrogen) atoms. The highest BCUT2D eigenvalue weighted by atomic mass is 16.7. The topological polar surface area (TPSA) is 71.1 Å². The number of ether oxygens (including phenoxy) is 4. The number of rotatable bonds is 14. The van der Waals surface area contributed by atoms with E-state index in [2.05, 4.69) is 40.7 Å². The highest BCUT2D eigenvalue weighted by Crippen LogP contribution is 2.40. The molecule has 0 heterocycles. The molecule has 0 atom stereocenters. The van der Waals surface area contributed by atoms with Crippen molar-refractivity contribution in [3.05, 3.63) is 59.2 Å². The van der Waals surface area contributed by atoms with Gasteiger partial charge in [0.15, 0.2) is 5.78 Å². The molecule has 0 fully saturated rings. The van der Waals surface area contributed by atoms with Crippen molar-refractivity contribution < 1.29 is 28.5 Å². The molecule has 2 aromatic rings. The maximum absolute atomic E-state index is 13.1. The van der Waals surface area contributed by atoms with Gasteiger partial charge in [0.1, 0.15) is 17.2 Å². The van der Waals surface area contributed by atoms with Crippen LogP contribution in [-0.4, -0.2) is 31.8 Å². The second-order valence-electron chi connectivity index (χ2n) is 11.7. The molecule has 214 valence electrons. The minimum atomic E-state index is -0.597. The van der Waals surface area contributed by atoms with Crippen LogP contribution in [0.2, 0.25) is 0 Å². The molecule has 0 amide bonds. The first-order chi connectivity index (χ1) is 18.4. The Bertz CT molecular complexity index is 1100. The summed E-state index contributed by atoms with van der Waals surface area (Å²) >= 11 is 0. The first-order valence-electron chi connectivity index (χ1n) is 13.9. The average Bonchev–Trinajstić information content (AvgIpc) is 2.87. The predicted molar refractivity (Wildman–Crippen MR) is 157 cm³/mol. The van der Waals surface area contributed by atoms with Crippen LogP contribution >= 0.6 is 0 Å². The molecule has 0 radical (unpaired) electrons. The molecular weight excluding hydrogens is 492 g/mol. The monoisotopic (exact) mass is 538 g/mol. The van der Waals surface area contributed by atoms with Crippen LogP contribution in [0.5, 0.6) is 17.2 Å². The average molecular weight is 539 g/mol. The largest absolute Gasteiger partial charge is 0.493 e. The van der Waals surface area contributed by atoms with E-state index in [-0.39, 0.29) is 24.0 Å². The van der Waals surface area contributed by atoms with Crippen LogP contribution in [0.1, 0.15) is 103 Å². The van der Waals surface area contributed by atoms with Crippen LogP contribution < -0.4 is 14.2 Å². The van der Waals surface area contributed by atoms with Gasteiger partial charge in [0, 0.05) is 11.1 Å². The summed E-state index contributed by atoms with van der Waals surface area (Å²) in [6, 6.07) is 10.8. The highest BCUT2D eigenvalue weighted by Gasteiger charge is 2.24. The number of benzene rings is 2. The molecule has 2 aromatic carbocycles. The molecule has 0 aliphatic heterocycles. The van der Waals surface area contributed by atoms with Crippen molar-refractivity contribution in [3.63, 3.8) is 0 Å². The lowest BCUT2D eigenvalue weighted by Gasteiger charge is -2.25. The molecule has 0 bridgehead atoms. The van der Waals surface area contributed by atoms with Crippen LogP contribution in [0.4, 0.5) is 0 Å². The van der Waals surface area contributed by atoms with Gasteiger partial charge in [-0.15, -0.1) is 0 Å². The quantitative estimate of drug-likeness (QED) is 0.0794. The summed E-state index contributed by atoms with van der Waals surface area (Å²) in [5, 5.41) is 0. The van der Waals surface area contributed by atoms with Crippen molar-refractivity contribution >= 4 is 17.8 Å². The van der Waals surface area contributed by atoms with Gasteiger partial charge in [0.25, 0.3) is 0 Å². The van der Waals surface area contributed by atoms with Crippen LogP contribution in [0.3, 0.4) is 0 Å². The standard InChI is InChI=1S/C33H46O6/c1-9-11-21-36-29-20-18-27(32(3,4)5)30(37-22-12-10-2)26(29)17-19-28(34)24-13-15-25(16-14-24)38-23-39-31(35)33(6,7)8/h13-20H,9-12,21-23H2,1-8H3/b19-17+. The minimum absolute atomic E-state index is 0.146. The summed E-state index contributed by atoms with van der Waals surface area (Å²) in [6.07, 6.45) is 7.30. The van der Waals surface area contributed by atoms with E-state index in [1.54, 1.807) is 57.2 Å². The minimum Gasteiger partial charge on any atom is -0.493 e. The third-order valence-corrected chi connectivity index (χ3v) is 6.03. The number of carbonyl (C=O) groups is 2. The molecule has 0 aliphatic carbocycles. The fourth-order valence-corrected chi connectivity index (χ4v) is 3.59. The molecule has 6 nitrogen and oxygen atoms in total. The number of hydrogen-bond acceptors (Lipinski definition) is 6. The second kappa shape index (κ2) is 14.8. The molecule has 0 saturated heterocycles. The number of hydrogen-bond donors (Lipinski definition) is 0. The predicted octanol–water partition coefficient (Wildman–Crippen LogP) is 8.16. The lowest BCUT2D eigenvalue weighted by Crippen LogP contribution is -2.24. The van der Waals surface area contributed by atoms with Gasteiger partial charge in [-0.05, 0) is 81.5 Å². The number of ketones is 1. The summed E-state index contributed by atoms with van der Waals surface area (Å²) in [6.45, 7) is 17.1. The Morgan fingerprint density at radius 1 is 0.795 bits per heavy atom. The molecule has 0 unspecified atom stereocenters. The van der Waals surface area contributed by atoms with Crippen molar-refractivity contribution in [2.45, 2.75) is 86.5 Å². The van der Waals surface area contributed by atoms with Crippen LogP contribution in [0.15, 0.2) is 42.5 Å². The summed E-state index contributed by atoms with van der Waals surface area (Å²) in [4.78, 5) is 25.0. The molecule has 6 heteroatoms. The molecule has 0 saturated carbocycles. The Kier molecular flexibility index (Phi) is 12.1. The Hall–Kier alpha value is -3.28. The van der Waals surface area contributed by atoms with Gasteiger partial charge in [0.2, 0.25) is 6.79 Å². The normalized spacial score (nSPS) is 11.9. The SMILES string of the molecule is CCCCOc1ccc(C(C)(C)C)c(OCCCC)c1/C=C/C(=O)c1ccc(OCOC(=O)C(C)(C)C)cc1. The van der Waals surface area contributed by atoms with Crippen molar-refractivity contribution in [2.75, 3.05) is 20.0 Å². The Balaban J connectivity index is 2.28. The maximum atomic E-state index is 13.1. The zero-order valence-electron chi connectivity index (χ0n) is 25.0. The lowest BCUT2D eigenvalue weighted by molar-refractivity contribution is -0.159. The maximum Gasteiger partial charge on any atom is 0.314 e. The summed E-state index contributed by atoms with van der Waals surface area (Å²) in [5.41, 5.74) is 1.62. The fraction of sp³-hybridized carbons (Fsp3) is 0.515. The Labute approximate surface area is 234 Å². The zero-order valence-corrected chi connectivity index (χ0v) is 25.0. The van der Waals surface area contributed by atoms with Crippen LogP contribution in [-0.2, 0) is 14.9 Å². The number of carbonyl (C=O) groups excluding carboxylic acids is 2. The highest BCUT2D eigenvalue weighted by molar-refractivity contribution is 6.07. The van der Waals surface area contributed by atoms with E-state index in [1.165, 1.54) is 0 Å². The van der Waals surface area contributed by atoms with Crippen LogP contribution in [0, 0.1) is 5.41 Å². The van der Waals surface area contributed by atoms with Crippen molar-refractivity contribution in [1.29, 1.82) is 0 Å². The lowest BCUT2D eigenvalue weighted by atomic mass is 9.84. The molecular formula is C33H46O6. The van der Waals surface area contributed by atoms with Crippen molar-refractivity contribution in [2.24, 2.45) is 5.41 Å². The smallest absolute Gasteiger partial charge is 0.314 e. The second-order valence-corrected chi connectivity index (χ2v) is 11.7. The van der Waals surface area contributed by atoms with E-state index >= 15 is 0 Å². The molecule has 2 rings (SSSR count). The molecule has 0 spiro atoms. The van der Waals surface area contributed by atoms with E-state index in [0.29, 0.717) is 30.3 Å². The summed E-state index contributed by atoms with van der Waals surface area (Å²) in [5.74, 6) is 1.49. The summed E-state index contributed by atoms with van der Waals surface area (Å²) in [7, 11) is 0. The third-order valence-electron chi connectivity index (χ3n) is 6.03. The van der Waals surface area contributed by atoms with E-state index in [1.807, 2.05) is 6.07 Å². The van der Waals surface area contributed by atoms with Crippen molar-refractivity contribution in [1.82, 2.24) is 0 Å². The van der Waals surface area contributed by atoms with Gasteiger partial charge in [0.05, 0.1) is 24.2 Å². The Morgan fingerprint density at radius 2 is 1.41 bits per heavy atom. The fourth-order valence-electron chi connectivity index (χ4n) is 3.59. The van der Waals surface area contributed by atoms with Gasteiger partial charge < -0.3 is 18.9 Å². The van der Waals surface area contributed by atoms with Crippen molar-refractivity contribution in [3.8, 4) is 17.2 Å². The van der Waals surface area contributed by atoms with Gasteiger partial charge in [-0.3, -0.25) is 9.59 Å². The van der Waals surface area contributed by atoms with Gasteiger partial charge in [-0.25, -0.2) is 0 Å². The Morgan fingerprint density at radius 3 is 1.97 bits per heavy atom.